The van der Waals surface area contributed by atoms with Gasteiger partial charge in [-0.15, -0.1) is 0 Å². The van der Waals surface area contributed by atoms with Crippen molar-refractivity contribution in [2.75, 3.05) is 19.8 Å². The van der Waals surface area contributed by atoms with Crippen LogP contribution < -0.4 is 4.74 Å². The molecule has 1 aliphatic heterocycles. The first kappa shape index (κ1) is 25.2. The molecule has 0 saturated carbocycles. The van der Waals surface area contributed by atoms with Crippen LogP contribution in [0.2, 0.25) is 5.02 Å². The second-order valence-corrected chi connectivity index (χ2v) is 8.56. The monoisotopic (exact) mass is 512 g/mol. The van der Waals surface area contributed by atoms with Crippen molar-refractivity contribution in [3.8, 4) is 5.75 Å². The molecule has 0 fully saturated rings. The number of aromatic nitrogens is 1. The van der Waals surface area contributed by atoms with E-state index in [0.29, 0.717) is 28.9 Å². The number of aromatic carboxylic acids is 1. The van der Waals surface area contributed by atoms with Crippen molar-refractivity contribution < 1.29 is 33.7 Å². The summed E-state index contributed by atoms with van der Waals surface area (Å²) in [6, 6.07) is 10.5. The van der Waals surface area contributed by atoms with Crippen LogP contribution in [0.25, 0.3) is 10.9 Å². The Hall–Kier alpha value is -3.85. The molecular weight excluding hydrogens is 488 g/mol. The van der Waals surface area contributed by atoms with E-state index in [1.54, 1.807) is 49.1 Å². The second-order valence-electron chi connectivity index (χ2n) is 8.13. The highest BCUT2D eigenvalue weighted by Crippen LogP contribution is 2.36. The summed E-state index contributed by atoms with van der Waals surface area (Å²) >= 11 is 6.01. The van der Waals surface area contributed by atoms with Gasteiger partial charge in [-0.1, -0.05) is 35.9 Å². The predicted molar refractivity (Wildman–Crippen MR) is 132 cm³/mol. The average Bonchev–Trinajstić information content (AvgIpc) is 2.85. The summed E-state index contributed by atoms with van der Waals surface area (Å²) in [6.07, 6.45) is -0.720. The highest BCUT2D eigenvalue weighted by molar-refractivity contribution is 6.30. The number of fused-ring (bicyclic) bond motifs is 3. The van der Waals surface area contributed by atoms with E-state index in [1.807, 2.05) is 6.07 Å². The molecule has 0 spiro atoms. The molecule has 0 bridgehead atoms. The van der Waals surface area contributed by atoms with Gasteiger partial charge in [0, 0.05) is 28.9 Å². The fourth-order valence-electron chi connectivity index (χ4n) is 4.23. The van der Waals surface area contributed by atoms with Crippen LogP contribution in [-0.2, 0) is 28.9 Å². The highest BCUT2D eigenvalue weighted by Gasteiger charge is 2.29. The SMILES string of the molecule is CCOC(=O)Oc1c(Cc2ccc(Cl)cc2)nc2c3c(ccc2c1C(=O)O)CCN(C(=O)OCC)C3. The molecule has 0 unspecified atom stereocenters. The molecule has 1 aliphatic rings. The lowest BCUT2D eigenvalue weighted by Crippen LogP contribution is -2.36. The van der Waals surface area contributed by atoms with Crippen molar-refractivity contribution in [1.29, 1.82) is 0 Å². The number of carbonyl (C=O) groups excluding carboxylic acids is 2. The Balaban J connectivity index is 1.91. The maximum Gasteiger partial charge on any atom is 0.513 e. The average molecular weight is 513 g/mol. The Bertz CT molecular complexity index is 1320. The summed E-state index contributed by atoms with van der Waals surface area (Å²) < 4.78 is 15.5. The van der Waals surface area contributed by atoms with Crippen molar-refractivity contribution in [1.82, 2.24) is 9.88 Å². The van der Waals surface area contributed by atoms with Crippen LogP contribution in [0, 0.1) is 0 Å². The third-order valence-electron chi connectivity index (χ3n) is 5.86. The molecule has 36 heavy (non-hydrogen) atoms. The number of carbonyl (C=O) groups is 3. The van der Waals surface area contributed by atoms with E-state index in [2.05, 4.69) is 0 Å². The lowest BCUT2D eigenvalue weighted by atomic mass is 9.93. The number of halogens is 1. The Labute approximate surface area is 212 Å². The molecule has 1 N–H and O–H groups in total. The van der Waals surface area contributed by atoms with Gasteiger partial charge in [-0.25, -0.2) is 19.4 Å². The number of hydrogen-bond acceptors (Lipinski definition) is 7. The first-order chi connectivity index (χ1) is 17.3. The van der Waals surface area contributed by atoms with E-state index in [4.69, 9.17) is 30.8 Å². The molecule has 2 heterocycles. The molecule has 2 aromatic carbocycles. The topological polar surface area (TPSA) is 115 Å². The van der Waals surface area contributed by atoms with Crippen LogP contribution in [0.3, 0.4) is 0 Å². The van der Waals surface area contributed by atoms with Gasteiger partial charge in [0.05, 0.1) is 31.0 Å². The van der Waals surface area contributed by atoms with Crippen molar-refractivity contribution in [2.45, 2.75) is 33.2 Å². The fraction of sp³-hybridized carbons (Fsp3) is 0.308. The largest absolute Gasteiger partial charge is 0.513 e. The predicted octanol–water partition coefficient (Wildman–Crippen LogP) is 5.23. The number of nitrogens with zero attached hydrogens (tertiary/aromatic N) is 2. The molecule has 3 aromatic rings. The molecule has 9 nitrogen and oxygen atoms in total. The summed E-state index contributed by atoms with van der Waals surface area (Å²) in [4.78, 5) is 43.5. The maximum atomic E-state index is 12.5. The van der Waals surface area contributed by atoms with Gasteiger partial charge in [-0.05, 0) is 43.5 Å². The molecule has 0 saturated heterocycles. The highest BCUT2D eigenvalue weighted by atomic mass is 35.5. The molecule has 10 heteroatoms. The quantitative estimate of drug-likeness (QED) is 0.446. The van der Waals surface area contributed by atoms with E-state index in [1.165, 1.54) is 0 Å². The third kappa shape index (κ3) is 5.21. The molecule has 0 atom stereocenters. The number of amides is 1. The van der Waals surface area contributed by atoms with Crippen LogP contribution in [0.1, 0.15) is 46.6 Å². The number of rotatable bonds is 6. The van der Waals surface area contributed by atoms with Crippen LogP contribution in [0.5, 0.6) is 5.75 Å². The smallest absolute Gasteiger partial charge is 0.478 e. The van der Waals surface area contributed by atoms with Crippen LogP contribution in [0.15, 0.2) is 36.4 Å². The first-order valence-electron chi connectivity index (χ1n) is 11.5. The van der Waals surface area contributed by atoms with E-state index in [0.717, 1.165) is 16.7 Å². The van der Waals surface area contributed by atoms with Crippen molar-refractivity contribution >= 4 is 40.7 Å². The number of pyridine rings is 1. The summed E-state index contributed by atoms with van der Waals surface area (Å²) in [7, 11) is 0. The summed E-state index contributed by atoms with van der Waals surface area (Å²) in [6.45, 7) is 4.36. The molecule has 1 aromatic heterocycles. The fourth-order valence-corrected chi connectivity index (χ4v) is 4.36. The summed E-state index contributed by atoms with van der Waals surface area (Å²) in [5.74, 6) is -1.46. The Morgan fingerprint density at radius 2 is 1.78 bits per heavy atom. The van der Waals surface area contributed by atoms with Gasteiger partial charge in [-0.3, -0.25) is 0 Å². The van der Waals surface area contributed by atoms with Gasteiger partial charge in [0.15, 0.2) is 5.75 Å². The van der Waals surface area contributed by atoms with Gasteiger partial charge in [0.25, 0.3) is 0 Å². The molecule has 1 amide bonds. The lowest BCUT2D eigenvalue weighted by Gasteiger charge is -2.29. The van der Waals surface area contributed by atoms with Gasteiger partial charge in [0.2, 0.25) is 0 Å². The van der Waals surface area contributed by atoms with Gasteiger partial charge in [-0.2, -0.15) is 0 Å². The minimum atomic E-state index is -1.28. The number of hydrogen-bond donors (Lipinski definition) is 1. The zero-order chi connectivity index (χ0) is 25.8. The van der Waals surface area contributed by atoms with Crippen LogP contribution in [0.4, 0.5) is 9.59 Å². The van der Waals surface area contributed by atoms with Gasteiger partial charge >= 0.3 is 18.2 Å². The third-order valence-corrected chi connectivity index (χ3v) is 6.11. The molecule has 188 valence electrons. The minimum absolute atomic E-state index is 0.0615. The van der Waals surface area contributed by atoms with Crippen LogP contribution in [-0.4, -0.2) is 53.0 Å². The Kier molecular flexibility index (Phi) is 7.59. The maximum absolute atomic E-state index is 12.5. The Morgan fingerprint density at radius 1 is 1.06 bits per heavy atom. The summed E-state index contributed by atoms with van der Waals surface area (Å²) in [5, 5.41) is 11.0. The van der Waals surface area contributed by atoms with Gasteiger partial charge in [0.1, 0.15) is 5.56 Å². The number of carboxylic acid groups (broad SMARTS) is 1. The van der Waals surface area contributed by atoms with E-state index in [9.17, 15) is 19.5 Å². The molecular formula is C26H25ClN2O7. The van der Waals surface area contributed by atoms with Crippen molar-refractivity contribution in [3.63, 3.8) is 0 Å². The van der Waals surface area contributed by atoms with E-state index >= 15 is 0 Å². The first-order valence-corrected chi connectivity index (χ1v) is 11.9. The number of benzene rings is 2. The normalized spacial score (nSPS) is 12.7. The lowest BCUT2D eigenvalue weighted by molar-refractivity contribution is 0.0691. The molecule has 4 rings (SSSR count). The van der Waals surface area contributed by atoms with E-state index < -0.39 is 18.2 Å². The molecule has 0 radical (unpaired) electrons. The second kappa shape index (κ2) is 10.8. The number of ether oxygens (including phenoxy) is 3. The minimum Gasteiger partial charge on any atom is -0.478 e. The van der Waals surface area contributed by atoms with E-state index in [-0.39, 0.29) is 43.2 Å². The zero-order valence-electron chi connectivity index (χ0n) is 19.9. The van der Waals surface area contributed by atoms with Gasteiger partial charge < -0.3 is 24.2 Å². The number of carboxylic acids is 1. The zero-order valence-corrected chi connectivity index (χ0v) is 20.6. The Morgan fingerprint density at radius 3 is 2.44 bits per heavy atom. The molecule has 0 aliphatic carbocycles. The standard InChI is InChI=1S/C26H25ClN2O7/c1-3-34-25(32)29-12-11-16-7-10-18-21(24(30)31)23(36-26(33)35-4-2)20(28-22(18)19(16)14-29)13-15-5-8-17(27)9-6-15/h5-10H,3-4,11-14H2,1-2H3,(H,30,31). The van der Waals surface area contributed by atoms with Crippen LogP contribution >= 0.6 is 11.6 Å². The summed E-state index contributed by atoms with van der Waals surface area (Å²) in [5.41, 5.74) is 2.95. The van der Waals surface area contributed by atoms with Crippen molar-refractivity contribution in [3.05, 3.63) is 69.4 Å². The van der Waals surface area contributed by atoms with Crippen molar-refractivity contribution in [2.24, 2.45) is 0 Å².